The van der Waals surface area contributed by atoms with Gasteiger partial charge in [-0.2, -0.15) is 0 Å². The lowest BCUT2D eigenvalue weighted by molar-refractivity contribution is -0.967. The van der Waals surface area contributed by atoms with E-state index >= 15 is 0 Å². The van der Waals surface area contributed by atoms with E-state index in [0.717, 1.165) is 11.4 Å². The van der Waals surface area contributed by atoms with Crippen molar-refractivity contribution in [1.29, 1.82) is 0 Å². The number of carbonyl (C=O) groups is 2. The van der Waals surface area contributed by atoms with Crippen molar-refractivity contribution in [3.63, 3.8) is 0 Å². The topological polar surface area (TPSA) is 152 Å². The second-order valence-corrected chi connectivity index (χ2v) is 7.50. The number of pyridine rings is 2. The summed E-state index contributed by atoms with van der Waals surface area (Å²) in [6, 6.07) is 6.55. The minimum atomic E-state index is -0.985. The number of hydrogen-bond acceptors (Lipinski definition) is 4. The molecule has 2 heterocycles. The molecule has 0 aliphatic rings. The van der Waals surface area contributed by atoms with Gasteiger partial charge in [-0.05, 0) is 12.1 Å². The number of aromatic nitrogens is 2. The van der Waals surface area contributed by atoms with Crippen molar-refractivity contribution in [2.45, 2.75) is 26.9 Å². The van der Waals surface area contributed by atoms with Gasteiger partial charge in [-0.15, -0.1) is 0 Å². The Morgan fingerprint density at radius 2 is 1.13 bits per heavy atom. The summed E-state index contributed by atoms with van der Waals surface area (Å²) in [5, 5.41) is 38.6. The van der Waals surface area contributed by atoms with Crippen molar-refractivity contribution in [3.05, 3.63) is 47.0 Å². The van der Waals surface area contributed by atoms with Gasteiger partial charge in [0.25, 0.3) is 11.4 Å². The normalized spacial score (nSPS) is 13.0. The summed E-state index contributed by atoms with van der Waals surface area (Å²) in [6.45, 7) is 4.55. The Balaban J connectivity index is 2.13. The smallest absolute Gasteiger partial charge is 0.359 e. The Morgan fingerprint density at radius 3 is 1.47 bits per heavy atom. The molecule has 2 aromatic rings. The van der Waals surface area contributed by atoms with Crippen molar-refractivity contribution < 1.29 is 49.8 Å². The zero-order valence-electron chi connectivity index (χ0n) is 17.2. The molecule has 0 saturated heterocycles. The van der Waals surface area contributed by atoms with Crippen LogP contribution in [0.5, 0.6) is 11.5 Å². The lowest BCUT2D eigenvalue weighted by Gasteiger charge is -2.20. The third kappa shape index (κ3) is 7.30. The average Bonchev–Trinajstić information content (AvgIpc) is 2.64. The Morgan fingerprint density at radius 1 is 0.767 bits per heavy atom. The summed E-state index contributed by atoms with van der Waals surface area (Å²) < 4.78 is 0. The summed E-state index contributed by atoms with van der Waals surface area (Å²) in [5.41, 5.74) is 2.72. The van der Waals surface area contributed by atoms with E-state index in [2.05, 4.69) is 9.97 Å². The molecule has 30 heavy (non-hydrogen) atoms. The largest absolute Gasteiger partial charge is 0.502 e. The Kier molecular flexibility index (Phi) is 8.07. The van der Waals surface area contributed by atoms with Gasteiger partial charge in [0.15, 0.2) is 49.1 Å². The molecule has 2 rings (SSSR count). The Labute approximate surface area is 174 Å². The minimum Gasteiger partial charge on any atom is -0.502 e. The number of aryl methyl sites for hydroxylation is 2. The second kappa shape index (κ2) is 10.5. The molecule has 162 valence electrons. The first kappa shape index (κ1) is 23.0. The van der Waals surface area contributed by atoms with Gasteiger partial charge in [-0.3, -0.25) is 0 Å². The fraction of sp³-hybridized carbons (Fsp3) is 0.400. The van der Waals surface area contributed by atoms with E-state index in [0.29, 0.717) is 34.3 Å². The number of aromatic hydroxyl groups is 2. The van der Waals surface area contributed by atoms with Crippen molar-refractivity contribution >= 4 is 11.9 Å². The van der Waals surface area contributed by atoms with Crippen LogP contribution in [0.15, 0.2) is 24.3 Å². The predicted molar refractivity (Wildman–Crippen MR) is 103 cm³/mol. The number of H-pyrrole nitrogens is 2. The summed E-state index contributed by atoms with van der Waals surface area (Å²) in [4.78, 5) is 30.1. The Hall–Kier alpha value is -3.24. The van der Waals surface area contributed by atoms with Crippen molar-refractivity contribution in [2.24, 2.45) is 0 Å². The van der Waals surface area contributed by atoms with Crippen molar-refractivity contribution in [2.75, 3.05) is 26.2 Å². The quantitative estimate of drug-likeness (QED) is 0.227. The van der Waals surface area contributed by atoms with Crippen LogP contribution < -0.4 is 19.8 Å². The fourth-order valence-corrected chi connectivity index (χ4v) is 3.33. The minimum absolute atomic E-state index is 0.0533. The summed E-state index contributed by atoms with van der Waals surface area (Å²) in [6.07, 6.45) is 0. The highest BCUT2D eigenvalue weighted by molar-refractivity contribution is 5.67. The molecule has 0 aromatic carbocycles. The second-order valence-electron chi connectivity index (χ2n) is 7.50. The molecule has 0 radical (unpaired) electrons. The van der Waals surface area contributed by atoms with E-state index in [1.54, 1.807) is 24.3 Å². The van der Waals surface area contributed by atoms with E-state index in [1.807, 2.05) is 13.8 Å². The van der Waals surface area contributed by atoms with Gasteiger partial charge in [0.1, 0.15) is 13.1 Å². The number of rotatable bonds is 11. The van der Waals surface area contributed by atoms with E-state index in [-0.39, 0.29) is 37.7 Å². The van der Waals surface area contributed by atoms with E-state index in [1.165, 1.54) is 0 Å². The zero-order chi connectivity index (χ0) is 22.3. The molecule has 0 fully saturated rings. The summed E-state index contributed by atoms with van der Waals surface area (Å²) in [5.74, 6) is -1.86. The van der Waals surface area contributed by atoms with Gasteiger partial charge >= 0.3 is 11.9 Å². The SMILES string of the molecule is Cc1ccc(O)c(C[NH+](CC[NH+](CC(=O)O)Cc2[nH+]c(C)ccc2O)CC(=O)O)[nH+]1. The maximum atomic E-state index is 11.3. The first-order chi connectivity index (χ1) is 14.1. The van der Waals surface area contributed by atoms with Crippen LogP contribution in [0.1, 0.15) is 22.8 Å². The van der Waals surface area contributed by atoms with Crippen LogP contribution in [-0.4, -0.2) is 58.5 Å². The number of carboxylic acid groups (broad SMARTS) is 2. The molecule has 0 aliphatic heterocycles. The molecule has 2 atom stereocenters. The molecule has 0 aliphatic carbocycles. The van der Waals surface area contributed by atoms with Crippen LogP contribution in [0.3, 0.4) is 0 Å². The first-order valence-electron chi connectivity index (χ1n) is 9.66. The maximum Gasteiger partial charge on any atom is 0.359 e. The van der Waals surface area contributed by atoms with Crippen LogP contribution in [0.25, 0.3) is 0 Å². The number of nitrogens with one attached hydrogen (secondary N) is 4. The molecule has 8 N–H and O–H groups in total. The number of aliphatic carboxylic acids is 2. The van der Waals surface area contributed by atoms with Crippen LogP contribution in [0.2, 0.25) is 0 Å². The molecule has 0 spiro atoms. The lowest BCUT2D eigenvalue weighted by Crippen LogP contribution is -3.20. The van der Waals surface area contributed by atoms with Gasteiger partial charge in [0.2, 0.25) is 0 Å². The highest BCUT2D eigenvalue weighted by Gasteiger charge is 2.26. The van der Waals surface area contributed by atoms with Gasteiger partial charge in [0, 0.05) is 26.0 Å². The molecule has 0 amide bonds. The summed E-state index contributed by atoms with van der Waals surface area (Å²) >= 11 is 0. The molecule has 0 saturated carbocycles. The van der Waals surface area contributed by atoms with E-state index < -0.39 is 11.9 Å². The number of aromatic amines is 2. The molecule has 2 aromatic heterocycles. The molecular weight excluding hydrogens is 392 g/mol. The van der Waals surface area contributed by atoms with Crippen LogP contribution in [0, 0.1) is 13.8 Å². The Bertz CT molecular complexity index is 831. The van der Waals surface area contributed by atoms with Gasteiger partial charge in [-0.1, -0.05) is 0 Å². The zero-order valence-corrected chi connectivity index (χ0v) is 17.2. The van der Waals surface area contributed by atoms with Crippen molar-refractivity contribution in [3.8, 4) is 11.5 Å². The van der Waals surface area contributed by atoms with E-state index in [4.69, 9.17) is 0 Å². The average molecular weight is 422 g/mol. The first-order valence-corrected chi connectivity index (χ1v) is 9.66. The molecule has 10 nitrogen and oxygen atoms in total. The van der Waals surface area contributed by atoms with Gasteiger partial charge < -0.3 is 30.2 Å². The van der Waals surface area contributed by atoms with Crippen LogP contribution >= 0.6 is 0 Å². The standard InChI is InChI=1S/C20H26N4O6/c1-13-3-5-17(25)15(21-13)9-23(11-19(27)28)7-8-24(12-20(29)30)10-16-18(26)6-4-14(2)22-16/h3-6,25-26H,7-12H2,1-2H3,(H,27,28)(H,29,30)/p+4. The highest BCUT2D eigenvalue weighted by atomic mass is 16.4. The molecular formula is C20H30N4O6+4. The predicted octanol–water partition coefficient (Wildman–Crippen LogP) is -3.02. The maximum absolute atomic E-state index is 11.3. The fourth-order valence-electron chi connectivity index (χ4n) is 3.33. The van der Waals surface area contributed by atoms with Crippen LogP contribution in [-0.2, 0) is 22.7 Å². The van der Waals surface area contributed by atoms with E-state index in [9.17, 15) is 30.0 Å². The summed E-state index contributed by atoms with van der Waals surface area (Å²) in [7, 11) is 0. The van der Waals surface area contributed by atoms with Crippen molar-refractivity contribution in [1.82, 2.24) is 0 Å². The highest BCUT2D eigenvalue weighted by Crippen LogP contribution is 2.10. The molecule has 0 bridgehead atoms. The lowest BCUT2D eigenvalue weighted by atomic mass is 10.2. The van der Waals surface area contributed by atoms with Gasteiger partial charge in [0.05, 0.1) is 0 Å². The molecule has 2 unspecified atom stereocenters. The van der Waals surface area contributed by atoms with Gasteiger partial charge in [-0.25, -0.2) is 19.6 Å². The molecule has 10 heteroatoms. The number of quaternary nitrogens is 2. The third-order valence-electron chi connectivity index (χ3n) is 4.79. The van der Waals surface area contributed by atoms with Crippen LogP contribution in [0.4, 0.5) is 0 Å². The monoisotopic (exact) mass is 422 g/mol. The number of carboxylic acids is 2. The third-order valence-corrected chi connectivity index (χ3v) is 4.79. The number of hydrogen-bond donors (Lipinski definition) is 6.